The van der Waals surface area contributed by atoms with E-state index in [4.69, 9.17) is 0 Å². The first kappa shape index (κ1) is 9.83. The Morgan fingerprint density at radius 2 is 1.40 bits per heavy atom. The Bertz CT molecular complexity index is 14.4. The standard InChI is InChI=1S/C2H10BN.K/c1-4(2)3;/h4H,1-3H3;/q;+1. The van der Waals surface area contributed by atoms with Crippen molar-refractivity contribution in [1.29, 1.82) is 0 Å². The Morgan fingerprint density at radius 3 is 1.40 bits per heavy atom. The maximum atomic E-state index is 2.19. The summed E-state index contributed by atoms with van der Waals surface area (Å²) in [5.41, 5.74) is 0. The van der Waals surface area contributed by atoms with Crippen molar-refractivity contribution < 1.29 is 56.2 Å². The summed E-state index contributed by atoms with van der Waals surface area (Å²) >= 11 is 0. The van der Waals surface area contributed by atoms with Gasteiger partial charge in [-0.3, -0.25) is 0 Å². The molecule has 0 saturated carbocycles. The van der Waals surface area contributed by atoms with E-state index in [0.717, 1.165) is 0 Å². The smallest absolute Gasteiger partial charge is 0.538 e. The summed E-state index contributed by atoms with van der Waals surface area (Å²) in [5.74, 6) is 0. The third kappa shape index (κ3) is 27.5. The van der Waals surface area contributed by atoms with E-state index in [2.05, 4.69) is 14.1 Å². The van der Waals surface area contributed by atoms with Gasteiger partial charge in [0.1, 0.15) is 0 Å². The molecule has 0 radical (unpaired) electrons. The summed E-state index contributed by atoms with van der Waals surface area (Å²) in [6, 6.07) is 0. The molecule has 0 aliphatic carbocycles. The second-order valence-corrected chi connectivity index (χ2v) is 0.500. The predicted molar refractivity (Wildman–Crippen MR) is 22.7 cm³/mol. The van der Waals surface area contributed by atoms with Crippen molar-refractivity contribution in [3.05, 3.63) is 0 Å². The molecule has 0 spiro atoms. The van der Waals surface area contributed by atoms with Gasteiger partial charge < -0.3 is 4.81 Å². The molecule has 0 amide bonds. The third-order valence-electron chi connectivity index (χ3n) is 0. The molecule has 1 nitrogen and oxygen atoms in total. The number of quaternary nitrogens is 1. The molecule has 0 aromatic rings. The summed E-state index contributed by atoms with van der Waals surface area (Å²) < 4.78 is 0. The van der Waals surface area contributed by atoms with Crippen LogP contribution < -0.4 is 56.2 Å². The van der Waals surface area contributed by atoms with Gasteiger partial charge in [0.15, 0.2) is 7.98 Å². The number of hydrogen-bond acceptors (Lipinski definition) is 0. The third-order valence-corrected chi connectivity index (χ3v) is 0. The Balaban J connectivity index is 0. The molecule has 0 saturated heterocycles. The zero-order chi connectivity index (χ0) is 3.58. The van der Waals surface area contributed by atoms with Crippen molar-refractivity contribution in [2.24, 2.45) is 0 Å². The topological polar surface area (TPSA) is 4.44 Å². The van der Waals surface area contributed by atoms with Crippen LogP contribution in [0.5, 0.6) is 0 Å². The van der Waals surface area contributed by atoms with E-state index in [-0.39, 0.29) is 51.4 Å². The number of nitrogens with one attached hydrogen (secondary N) is 1. The fourth-order valence-corrected chi connectivity index (χ4v) is 0. The van der Waals surface area contributed by atoms with E-state index in [9.17, 15) is 0 Å². The normalized spacial score (nSPS) is 7.20. The van der Waals surface area contributed by atoms with Gasteiger partial charge in [-0.1, -0.05) is 0 Å². The van der Waals surface area contributed by atoms with Crippen LogP contribution in [0.4, 0.5) is 0 Å². The molecular formula is C2H10BKN+. The Kier molecular flexibility index (Phi) is 11.1. The van der Waals surface area contributed by atoms with Crippen LogP contribution in [0.25, 0.3) is 0 Å². The molecule has 1 N–H and O–H groups in total. The van der Waals surface area contributed by atoms with Crippen LogP contribution in [-0.2, 0) is 0 Å². The van der Waals surface area contributed by atoms with Gasteiger partial charge in [-0.15, -0.1) is 0 Å². The van der Waals surface area contributed by atoms with Gasteiger partial charge in [0.2, 0.25) is 0 Å². The Hall–Kier alpha value is 1.66. The molecule has 0 fully saturated rings. The van der Waals surface area contributed by atoms with Gasteiger partial charge in [-0.2, -0.15) is 0 Å². The second-order valence-electron chi connectivity index (χ2n) is 0.500. The van der Waals surface area contributed by atoms with Crippen LogP contribution in [0.15, 0.2) is 0 Å². The molecule has 5 heavy (non-hydrogen) atoms. The van der Waals surface area contributed by atoms with Crippen LogP contribution in [0.1, 0.15) is 0 Å². The van der Waals surface area contributed by atoms with Gasteiger partial charge in [-0.25, -0.2) is 0 Å². The Labute approximate surface area is 77.0 Å². The maximum absolute atomic E-state index is 2.19. The molecule has 0 rings (SSSR count). The van der Waals surface area contributed by atoms with Crippen molar-refractivity contribution in [2.45, 2.75) is 0 Å². The molecule has 0 aliphatic rings. The van der Waals surface area contributed by atoms with Crippen molar-refractivity contribution in [3.8, 4) is 0 Å². The SMILES string of the molecule is [BH3-][NH+](C)C.[K+]. The minimum Gasteiger partial charge on any atom is -0.538 e. The van der Waals surface area contributed by atoms with Crippen LogP contribution >= 0.6 is 0 Å². The number of rotatable bonds is 0. The summed E-state index contributed by atoms with van der Waals surface area (Å²) in [4.78, 5) is 1.67. The zero-order valence-electron chi connectivity index (χ0n) is 3.50. The van der Waals surface area contributed by atoms with Crippen molar-refractivity contribution >= 4 is 7.98 Å². The minimum atomic E-state index is 0. The van der Waals surface area contributed by atoms with Crippen LogP contribution in [0, 0.1) is 0 Å². The van der Waals surface area contributed by atoms with Crippen molar-refractivity contribution in [1.82, 2.24) is 0 Å². The first-order chi connectivity index (χ1) is 1.73. The van der Waals surface area contributed by atoms with Crippen LogP contribution in [-0.4, -0.2) is 22.1 Å². The first-order valence-electron chi connectivity index (χ1n) is 1.00. The van der Waals surface area contributed by atoms with Crippen LogP contribution in [0.3, 0.4) is 0 Å². The van der Waals surface area contributed by atoms with Crippen molar-refractivity contribution in [3.63, 3.8) is 0 Å². The first-order valence-corrected chi connectivity index (χ1v) is 1.00. The monoisotopic (exact) mass is 98.1 g/mol. The quantitative estimate of drug-likeness (QED) is 0.288. The van der Waals surface area contributed by atoms with Crippen LogP contribution in [0.2, 0.25) is 0 Å². The van der Waals surface area contributed by atoms with Gasteiger partial charge in [0.05, 0.1) is 0 Å². The van der Waals surface area contributed by atoms with E-state index in [0.29, 0.717) is 7.98 Å². The Morgan fingerprint density at radius 1 is 1.40 bits per heavy atom. The molecule has 26 valence electrons. The molecule has 3 heteroatoms. The molecule has 0 aromatic heterocycles. The van der Waals surface area contributed by atoms with Gasteiger partial charge in [0.25, 0.3) is 0 Å². The minimum absolute atomic E-state index is 0. The molecule has 0 atom stereocenters. The van der Waals surface area contributed by atoms with Gasteiger partial charge in [-0.05, 0) is 0 Å². The molecule has 0 bridgehead atoms. The molecule has 0 unspecified atom stereocenters. The van der Waals surface area contributed by atoms with Gasteiger partial charge in [0, 0.05) is 14.1 Å². The molecule has 0 heterocycles. The van der Waals surface area contributed by atoms with E-state index >= 15 is 0 Å². The van der Waals surface area contributed by atoms with Gasteiger partial charge >= 0.3 is 51.4 Å². The largest absolute Gasteiger partial charge is 1.00 e. The summed E-state index contributed by atoms with van der Waals surface area (Å²) in [5, 5.41) is 0. The zero-order valence-corrected chi connectivity index (χ0v) is 6.62. The van der Waals surface area contributed by atoms with E-state index in [1.807, 2.05) is 0 Å². The molecular weight excluding hydrogens is 87.9 g/mol. The summed E-state index contributed by atoms with van der Waals surface area (Å²) in [6.45, 7) is 0. The summed E-state index contributed by atoms with van der Waals surface area (Å²) in [6.07, 6.45) is 0. The second kappa shape index (κ2) is 5.66. The average molecular weight is 98.0 g/mol. The summed E-state index contributed by atoms with van der Waals surface area (Å²) in [7, 11) is 5.00. The predicted octanol–water partition coefficient (Wildman–Crippen LogP) is -5.58. The fourth-order valence-electron chi connectivity index (χ4n) is 0. The van der Waals surface area contributed by atoms with Crippen molar-refractivity contribution in [2.75, 3.05) is 14.1 Å². The maximum Gasteiger partial charge on any atom is 1.00 e. The number of hydrogen-bond donors (Lipinski definition) is 1. The fraction of sp³-hybridized carbons (Fsp3) is 1.00. The average Bonchev–Trinajstić information content (AvgIpc) is 0.811. The molecule has 0 aliphatic heterocycles. The van der Waals surface area contributed by atoms with E-state index in [1.165, 1.54) is 0 Å². The van der Waals surface area contributed by atoms with E-state index < -0.39 is 0 Å². The van der Waals surface area contributed by atoms with E-state index in [1.54, 1.807) is 4.81 Å². The molecule has 0 aromatic carbocycles.